The highest BCUT2D eigenvalue weighted by Crippen LogP contribution is 2.27. The molecule has 0 amide bonds. The van der Waals surface area contributed by atoms with Gasteiger partial charge in [-0.2, -0.15) is 8.42 Å². The largest absolute Gasteiger partial charge is 0.398 e. The number of nitrogens with zero attached hydrogens (tertiary/aromatic N) is 3. The topological polar surface area (TPSA) is 109 Å². The molecule has 86 valence electrons. The van der Waals surface area contributed by atoms with Gasteiger partial charge < -0.3 is 5.73 Å². The predicted octanol–water partition coefficient (Wildman–Crippen LogP) is 2.32. The van der Waals surface area contributed by atoms with E-state index < -0.39 is 16.0 Å². The van der Waals surface area contributed by atoms with Crippen molar-refractivity contribution < 1.29 is 12.3 Å². The number of halogens is 1. The van der Waals surface area contributed by atoms with Crippen LogP contribution in [0.15, 0.2) is 17.2 Å². The Hall–Kier alpha value is -1.79. The lowest BCUT2D eigenvalue weighted by molar-refractivity contribution is 0.551. The number of hydrogen-bond donors (Lipinski definition) is 1. The summed E-state index contributed by atoms with van der Waals surface area (Å²) in [6, 6.07) is 2.63. The molecular weight excluding hydrogens is 235 g/mol. The summed E-state index contributed by atoms with van der Waals surface area (Å²) in [4.78, 5) is 2.57. The first-order valence-electron chi connectivity index (χ1n) is 4.20. The molecule has 0 radical (unpaired) electrons. The van der Waals surface area contributed by atoms with E-state index in [0.717, 1.165) is 0 Å². The second-order valence-corrected chi connectivity index (χ2v) is 4.57. The van der Waals surface area contributed by atoms with Crippen molar-refractivity contribution in [3.8, 4) is 0 Å². The van der Waals surface area contributed by atoms with Crippen molar-refractivity contribution in [3.05, 3.63) is 33.7 Å². The highest BCUT2D eigenvalue weighted by molar-refractivity contribution is 7.85. The molecule has 1 rings (SSSR count). The number of hydrogen-bond acceptors (Lipinski definition) is 4. The Morgan fingerprint density at radius 1 is 1.56 bits per heavy atom. The van der Waals surface area contributed by atoms with Crippen molar-refractivity contribution in [2.45, 2.75) is 12.7 Å². The molecule has 8 heteroatoms. The van der Waals surface area contributed by atoms with Gasteiger partial charge in [-0.05, 0) is 35.7 Å². The monoisotopic (exact) mass is 244 g/mol. The minimum absolute atomic E-state index is 0.146. The van der Waals surface area contributed by atoms with Crippen molar-refractivity contribution in [3.63, 3.8) is 0 Å². The van der Waals surface area contributed by atoms with Gasteiger partial charge in [0.05, 0.1) is 0 Å². The van der Waals surface area contributed by atoms with Crippen LogP contribution < -0.4 is 5.73 Å². The van der Waals surface area contributed by atoms with Gasteiger partial charge in [0.1, 0.15) is 5.75 Å². The van der Waals surface area contributed by atoms with Crippen molar-refractivity contribution in [2.24, 2.45) is 5.11 Å². The standard InChI is InChI=1S/C8H9FN4O2S/c1-5-7(10)2-6(4-16(9,14)15)3-8(5)12-13-11/h2-3H,4,10H2,1H3. The third kappa shape index (κ3) is 3.11. The second-order valence-electron chi connectivity index (χ2n) is 3.20. The zero-order valence-corrected chi connectivity index (χ0v) is 9.20. The zero-order valence-electron chi connectivity index (χ0n) is 8.38. The Morgan fingerprint density at radius 3 is 2.69 bits per heavy atom. The average Bonchev–Trinajstić information content (AvgIpc) is 2.11. The average molecular weight is 244 g/mol. The van der Waals surface area contributed by atoms with E-state index in [0.29, 0.717) is 5.56 Å². The van der Waals surface area contributed by atoms with Crippen LogP contribution in [-0.2, 0) is 16.0 Å². The lowest BCUT2D eigenvalue weighted by Gasteiger charge is -2.06. The zero-order chi connectivity index (χ0) is 12.3. The Bertz CT molecular complexity index is 564. The smallest absolute Gasteiger partial charge is 0.306 e. The fraction of sp³-hybridized carbons (Fsp3) is 0.250. The van der Waals surface area contributed by atoms with E-state index in [9.17, 15) is 12.3 Å². The molecule has 0 saturated heterocycles. The van der Waals surface area contributed by atoms with Gasteiger partial charge in [-0.1, -0.05) is 5.11 Å². The summed E-state index contributed by atoms with van der Waals surface area (Å²) in [5.41, 5.74) is 15.0. The normalized spacial score (nSPS) is 10.9. The van der Waals surface area contributed by atoms with Crippen molar-refractivity contribution >= 4 is 21.6 Å². The number of rotatable bonds is 3. The molecule has 0 aliphatic carbocycles. The highest BCUT2D eigenvalue weighted by atomic mass is 32.3. The van der Waals surface area contributed by atoms with Gasteiger partial charge in [-0.15, -0.1) is 3.89 Å². The summed E-state index contributed by atoms with van der Waals surface area (Å²) in [7, 11) is -4.63. The Morgan fingerprint density at radius 2 is 2.19 bits per heavy atom. The summed E-state index contributed by atoms with van der Waals surface area (Å²) >= 11 is 0. The maximum absolute atomic E-state index is 12.5. The minimum Gasteiger partial charge on any atom is -0.398 e. The molecule has 0 atom stereocenters. The van der Waals surface area contributed by atoms with Crippen LogP contribution >= 0.6 is 0 Å². The van der Waals surface area contributed by atoms with Crippen LogP contribution in [0.4, 0.5) is 15.3 Å². The predicted molar refractivity (Wildman–Crippen MR) is 58.1 cm³/mol. The molecule has 0 fully saturated rings. The van der Waals surface area contributed by atoms with Crippen LogP contribution in [0.3, 0.4) is 0 Å². The van der Waals surface area contributed by atoms with Gasteiger partial charge in [-0.25, -0.2) is 0 Å². The van der Waals surface area contributed by atoms with Crippen molar-refractivity contribution in [1.29, 1.82) is 0 Å². The number of azide groups is 1. The van der Waals surface area contributed by atoms with E-state index in [1.807, 2.05) is 0 Å². The van der Waals surface area contributed by atoms with Crippen LogP contribution in [0.25, 0.3) is 10.4 Å². The van der Waals surface area contributed by atoms with Crippen LogP contribution in [0.1, 0.15) is 11.1 Å². The molecule has 0 heterocycles. The molecule has 0 aliphatic rings. The van der Waals surface area contributed by atoms with Crippen molar-refractivity contribution in [1.82, 2.24) is 0 Å². The fourth-order valence-electron chi connectivity index (χ4n) is 1.22. The van der Waals surface area contributed by atoms with Gasteiger partial charge in [0.2, 0.25) is 0 Å². The molecule has 16 heavy (non-hydrogen) atoms. The second kappa shape index (κ2) is 4.38. The van der Waals surface area contributed by atoms with E-state index in [4.69, 9.17) is 11.3 Å². The first-order valence-corrected chi connectivity index (χ1v) is 5.75. The molecule has 2 N–H and O–H groups in total. The maximum Gasteiger partial charge on any atom is 0.306 e. The molecule has 6 nitrogen and oxygen atoms in total. The molecule has 0 saturated carbocycles. The van der Waals surface area contributed by atoms with E-state index in [-0.39, 0.29) is 16.9 Å². The number of nitrogen functional groups attached to an aromatic ring is 1. The van der Waals surface area contributed by atoms with E-state index in [1.54, 1.807) is 6.92 Å². The Kier molecular flexibility index (Phi) is 3.36. The van der Waals surface area contributed by atoms with E-state index >= 15 is 0 Å². The molecule has 0 spiro atoms. The number of anilines is 1. The summed E-state index contributed by atoms with van der Waals surface area (Å²) < 4.78 is 33.4. The Labute approximate surface area is 91.7 Å². The lowest BCUT2D eigenvalue weighted by Crippen LogP contribution is -1.99. The summed E-state index contributed by atoms with van der Waals surface area (Å²) in [5.74, 6) is -0.786. The van der Waals surface area contributed by atoms with Gasteiger partial charge in [0.25, 0.3) is 0 Å². The van der Waals surface area contributed by atoms with E-state index in [2.05, 4.69) is 10.0 Å². The molecule has 1 aromatic carbocycles. The van der Waals surface area contributed by atoms with Gasteiger partial charge in [0, 0.05) is 16.3 Å². The first-order chi connectivity index (χ1) is 7.33. The van der Waals surface area contributed by atoms with Gasteiger partial charge in [-0.3, -0.25) is 0 Å². The van der Waals surface area contributed by atoms with E-state index in [1.165, 1.54) is 12.1 Å². The number of nitrogens with two attached hydrogens (primary N) is 1. The molecular formula is C8H9FN4O2S. The first kappa shape index (κ1) is 12.3. The lowest BCUT2D eigenvalue weighted by atomic mass is 10.1. The molecule has 0 aromatic heterocycles. The summed E-state index contributed by atoms with van der Waals surface area (Å²) in [5, 5.41) is 3.34. The van der Waals surface area contributed by atoms with Crippen LogP contribution in [-0.4, -0.2) is 8.42 Å². The molecule has 1 aromatic rings. The third-order valence-electron chi connectivity index (χ3n) is 1.97. The SMILES string of the molecule is Cc1c(N)cc(CS(=O)(=O)F)cc1N=[N+]=[N-]. The third-order valence-corrected chi connectivity index (χ3v) is 2.65. The fourth-order valence-corrected chi connectivity index (χ4v) is 1.78. The van der Waals surface area contributed by atoms with Crippen LogP contribution in [0.2, 0.25) is 0 Å². The number of benzene rings is 1. The molecule has 0 aliphatic heterocycles. The van der Waals surface area contributed by atoms with Gasteiger partial charge >= 0.3 is 10.2 Å². The van der Waals surface area contributed by atoms with Crippen molar-refractivity contribution in [2.75, 3.05) is 5.73 Å². The molecule has 0 unspecified atom stereocenters. The summed E-state index contributed by atoms with van der Waals surface area (Å²) in [6.45, 7) is 1.62. The quantitative estimate of drug-likeness (QED) is 0.289. The van der Waals surface area contributed by atoms with Gasteiger partial charge in [0.15, 0.2) is 0 Å². The maximum atomic E-state index is 12.5. The molecule has 0 bridgehead atoms. The minimum atomic E-state index is -4.63. The highest BCUT2D eigenvalue weighted by Gasteiger charge is 2.11. The Balaban J connectivity index is 3.29. The van der Waals surface area contributed by atoms with Crippen LogP contribution in [0, 0.1) is 6.92 Å². The van der Waals surface area contributed by atoms with Crippen LogP contribution in [0.5, 0.6) is 0 Å². The summed E-state index contributed by atoms with van der Waals surface area (Å²) in [6.07, 6.45) is 0.